The van der Waals surface area contributed by atoms with E-state index in [2.05, 4.69) is 51.8 Å². The fourth-order valence-electron chi connectivity index (χ4n) is 3.44. The number of benzene rings is 1. The van der Waals surface area contributed by atoms with Crippen molar-refractivity contribution in [1.29, 1.82) is 0 Å². The van der Waals surface area contributed by atoms with Gasteiger partial charge in [-0.2, -0.15) is 0 Å². The topological polar surface area (TPSA) is 46.2 Å². The van der Waals surface area contributed by atoms with Gasteiger partial charge in [0.1, 0.15) is 5.76 Å². The molecule has 1 atom stereocenters. The van der Waals surface area contributed by atoms with Crippen molar-refractivity contribution >= 4 is 5.57 Å². The highest BCUT2D eigenvalue weighted by molar-refractivity contribution is 5.76. The fraction of sp³-hybridized carbons (Fsp3) is 0.304. The van der Waals surface area contributed by atoms with E-state index in [0.717, 1.165) is 24.0 Å². The molecule has 2 nitrogen and oxygen atoms in total. The van der Waals surface area contributed by atoms with E-state index in [4.69, 9.17) is 5.73 Å². The highest BCUT2D eigenvalue weighted by Gasteiger charge is 2.22. The van der Waals surface area contributed by atoms with E-state index in [1.807, 2.05) is 13.0 Å². The third-order valence-corrected chi connectivity index (χ3v) is 5.11. The van der Waals surface area contributed by atoms with Crippen molar-refractivity contribution in [3.05, 3.63) is 88.8 Å². The minimum absolute atomic E-state index is 0.0388. The summed E-state index contributed by atoms with van der Waals surface area (Å²) in [6.07, 6.45) is 5.57. The molecule has 3 N–H and O–H groups in total. The zero-order valence-corrected chi connectivity index (χ0v) is 15.7. The van der Waals surface area contributed by atoms with E-state index in [9.17, 15) is 5.11 Å². The first kappa shape index (κ1) is 19.0. The van der Waals surface area contributed by atoms with Crippen molar-refractivity contribution in [1.82, 2.24) is 0 Å². The zero-order chi connectivity index (χ0) is 18.7. The minimum Gasteiger partial charge on any atom is -0.508 e. The summed E-state index contributed by atoms with van der Waals surface area (Å²) >= 11 is 0. The van der Waals surface area contributed by atoms with Crippen LogP contribution in [0, 0.1) is 19.8 Å². The van der Waals surface area contributed by atoms with Gasteiger partial charge in [0.25, 0.3) is 0 Å². The van der Waals surface area contributed by atoms with Gasteiger partial charge in [-0.05, 0) is 79.5 Å². The van der Waals surface area contributed by atoms with Gasteiger partial charge in [-0.1, -0.05) is 49.6 Å². The summed E-state index contributed by atoms with van der Waals surface area (Å²) in [5.41, 5.74) is 14.8. The highest BCUT2D eigenvalue weighted by Crippen LogP contribution is 2.37. The Labute approximate surface area is 151 Å². The number of aliphatic hydroxyl groups excluding tert-OH is 1. The van der Waals surface area contributed by atoms with Crippen LogP contribution >= 0.6 is 0 Å². The molecule has 0 aliphatic heterocycles. The number of aliphatic hydroxyl groups is 1. The van der Waals surface area contributed by atoms with Crippen molar-refractivity contribution in [2.75, 3.05) is 6.54 Å². The maximum atomic E-state index is 9.79. The minimum atomic E-state index is 0.0388. The van der Waals surface area contributed by atoms with Crippen LogP contribution in [-0.2, 0) is 6.42 Å². The van der Waals surface area contributed by atoms with Gasteiger partial charge in [-0.15, -0.1) is 0 Å². The molecule has 1 aliphatic rings. The monoisotopic (exact) mass is 335 g/mol. The number of hydrogen-bond acceptors (Lipinski definition) is 2. The summed E-state index contributed by atoms with van der Waals surface area (Å²) < 4.78 is 0. The predicted molar refractivity (Wildman–Crippen MR) is 109 cm³/mol. The molecule has 0 heterocycles. The van der Waals surface area contributed by atoms with Crippen LogP contribution in [0.5, 0.6) is 0 Å². The Morgan fingerprint density at radius 3 is 2.48 bits per heavy atom. The molecule has 0 radical (unpaired) electrons. The van der Waals surface area contributed by atoms with E-state index < -0.39 is 0 Å². The van der Waals surface area contributed by atoms with Crippen LogP contribution in [-0.4, -0.2) is 11.7 Å². The molecule has 0 saturated heterocycles. The summed E-state index contributed by atoms with van der Waals surface area (Å²) in [5.74, 6) is 0.325. The van der Waals surface area contributed by atoms with Crippen LogP contribution < -0.4 is 5.73 Å². The van der Waals surface area contributed by atoms with Crippen LogP contribution in [0.2, 0.25) is 0 Å². The van der Waals surface area contributed by atoms with Crippen molar-refractivity contribution < 1.29 is 5.11 Å². The van der Waals surface area contributed by atoms with Crippen molar-refractivity contribution in [2.24, 2.45) is 11.7 Å². The third-order valence-electron chi connectivity index (χ3n) is 5.11. The van der Waals surface area contributed by atoms with Gasteiger partial charge in [-0.3, -0.25) is 0 Å². The van der Waals surface area contributed by atoms with Gasteiger partial charge < -0.3 is 10.8 Å². The molecule has 0 fully saturated rings. The zero-order valence-electron chi connectivity index (χ0n) is 15.7. The molecule has 0 bridgehead atoms. The number of rotatable bonds is 4. The molecule has 2 heteroatoms. The van der Waals surface area contributed by atoms with Crippen molar-refractivity contribution in [3.63, 3.8) is 0 Å². The van der Waals surface area contributed by atoms with E-state index >= 15 is 0 Å². The van der Waals surface area contributed by atoms with Crippen LogP contribution in [0.3, 0.4) is 0 Å². The molecule has 0 amide bonds. The molecule has 0 aromatic heterocycles. The van der Waals surface area contributed by atoms with Crippen LogP contribution in [0.15, 0.2) is 66.5 Å². The van der Waals surface area contributed by atoms with Gasteiger partial charge in [0, 0.05) is 5.57 Å². The molecule has 132 valence electrons. The molecule has 1 aromatic rings. The lowest BCUT2D eigenvalue weighted by Gasteiger charge is -2.14. The smallest absolute Gasteiger partial charge is 0.115 e. The van der Waals surface area contributed by atoms with Crippen molar-refractivity contribution in [2.45, 2.75) is 33.6 Å². The lowest BCUT2D eigenvalue weighted by Crippen LogP contribution is -2.17. The summed E-state index contributed by atoms with van der Waals surface area (Å²) in [7, 11) is 0. The average molecular weight is 335 g/mol. The Bertz CT molecular complexity index is 793. The van der Waals surface area contributed by atoms with E-state index in [1.54, 1.807) is 0 Å². The Hall–Kier alpha value is -2.32. The van der Waals surface area contributed by atoms with E-state index in [1.165, 1.54) is 27.8 Å². The van der Waals surface area contributed by atoms with Gasteiger partial charge in [-0.25, -0.2) is 0 Å². The first-order chi connectivity index (χ1) is 11.8. The molecule has 25 heavy (non-hydrogen) atoms. The van der Waals surface area contributed by atoms with Gasteiger partial charge >= 0.3 is 0 Å². The van der Waals surface area contributed by atoms with Crippen molar-refractivity contribution in [3.8, 4) is 0 Å². The number of allylic oxidation sites excluding steroid dienone is 4. The lowest BCUT2D eigenvalue weighted by molar-refractivity contribution is 0.428. The second kappa shape index (κ2) is 7.71. The number of aryl methyl sites for hydroxylation is 2. The molecule has 0 spiro atoms. The van der Waals surface area contributed by atoms with Gasteiger partial charge in [0.05, 0.1) is 0 Å². The second-order valence-corrected chi connectivity index (χ2v) is 6.91. The standard InChI is InChI=1S/C23H29NO/c1-7-22(18(6)25)17(5)10-19-9-16(4)21(13-24)12-20-8-14(2)15(3)11-23(19)20/h7-8,10-11,21,25H,4-6,9,12-13,24H2,1-3H3/b19-10+,22-7+. The molecule has 1 unspecified atom stereocenters. The SMILES string of the molecule is C=C(O)/C(=C/C)C(=C)/C=C1\CC(=C)C(CN)Cc2cc(C)c(C)cc21. The maximum absolute atomic E-state index is 9.79. The number of fused-ring (bicyclic) bond motifs is 1. The normalized spacial score (nSPS) is 19.5. The van der Waals surface area contributed by atoms with Gasteiger partial charge in [0.2, 0.25) is 0 Å². The Kier molecular flexibility index (Phi) is 5.86. The number of nitrogens with two attached hydrogens (primary N) is 1. The molecule has 1 aromatic carbocycles. The first-order valence-electron chi connectivity index (χ1n) is 8.71. The molecule has 2 rings (SSSR count). The summed E-state index contributed by atoms with van der Waals surface area (Å²) in [5, 5.41) is 9.79. The van der Waals surface area contributed by atoms with Crippen LogP contribution in [0.1, 0.15) is 35.6 Å². The number of hydrogen-bond donors (Lipinski definition) is 2. The summed E-state index contributed by atoms with van der Waals surface area (Å²) in [6, 6.07) is 4.52. The average Bonchev–Trinajstić information content (AvgIpc) is 2.66. The second-order valence-electron chi connectivity index (χ2n) is 6.91. The van der Waals surface area contributed by atoms with E-state index in [0.29, 0.717) is 12.1 Å². The Balaban J connectivity index is 2.60. The molecular formula is C23H29NO. The maximum Gasteiger partial charge on any atom is 0.115 e. The Morgan fingerprint density at radius 1 is 1.28 bits per heavy atom. The van der Waals surface area contributed by atoms with E-state index in [-0.39, 0.29) is 11.7 Å². The summed E-state index contributed by atoms with van der Waals surface area (Å²) in [4.78, 5) is 0. The van der Waals surface area contributed by atoms with Crippen LogP contribution in [0.25, 0.3) is 5.57 Å². The molecule has 0 saturated carbocycles. The van der Waals surface area contributed by atoms with Gasteiger partial charge in [0.15, 0.2) is 0 Å². The molecular weight excluding hydrogens is 306 g/mol. The summed E-state index contributed by atoms with van der Waals surface area (Å²) in [6.45, 7) is 18.8. The lowest BCUT2D eigenvalue weighted by atomic mass is 9.91. The predicted octanol–water partition coefficient (Wildman–Crippen LogP) is 5.34. The van der Waals surface area contributed by atoms with Crippen LogP contribution in [0.4, 0.5) is 0 Å². The largest absolute Gasteiger partial charge is 0.508 e. The third kappa shape index (κ3) is 4.02. The first-order valence-corrected chi connectivity index (χ1v) is 8.71. The quantitative estimate of drug-likeness (QED) is 0.338. The fourth-order valence-corrected chi connectivity index (χ4v) is 3.44. The molecule has 1 aliphatic carbocycles. The highest BCUT2D eigenvalue weighted by atomic mass is 16.3. The Morgan fingerprint density at radius 2 is 1.92 bits per heavy atom.